The number of ether oxygens (including phenoxy) is 1. The maximum absolute atomic E-state index is 10.9. The molecule has 0 saturated carbocycles. The smallest absolute Gasteiger partial charge is 0.305 e. The zero-order valence-electron chi connectivity index (χ0n) is 9.74. The minimum Gasteiger partial charge on any atom is -0.469 e. The molecule has 0 heterocycles. The second kappa shape index (κ2) is 6.88. The fraction of sp³-hybridized carbons (Fsp3) is 0.462. The van der Waals surface area contributed by atoms with Crippen LogP contribution in [0.4, 0.5) is 5.69 Å². The molecule has 3 heteroatoms. The quantitative estimate of drug-likeness (QED) is 0.456. The van der Waals surface area contributed by atoms with Gasteiger partial charge >= 0.3 is 5.97 Å². The number of nitrogen functional groups attached to an aromatic ring is 1. The van der Waals surface area contributed by atoms with Gasteiger partial charge in [0.2, 0.25) is 0 Å². The SMILES string of the molecule is COC(=O)CCCCCc1cccc(N)c1. The minimum atomic E-state index is -0.121. The number of esters is 1. The molecule has 0 unspecified atom stereocenters. The molecule has 0 aromatic heterocycles. The van der Waals surface area contributed by atoms with Crippen LogP contribution in [0.25, 0.3) is 0 Å². The lowest BCUT2D eigenvalue weighted by molar-refractivity contribution is -0.140. The van der Waals surface area contributed by atoms with E-state index in [-0.39, 0.29) is 5.97 Å². The summed E-state index contributed by atoms with van der Waals surface area (Å²) in [5.74, 6) is -0.121. The van der Waals surface area contributed by atoms with E-state index in [0.29, 0.717) is 6.42 Å². The fourth-order valence-corrected chi connectivity index (χ4v) is 1.63. The predicted octanol–water partition coefficient (Wildman–Crippen LogP) is 2.54. The van der Waals surface area contributed by atoms with Crippen LogP contribution in [0.3, 0.4) is 0 Å². The monoisotopic (exact) mass is 221 g/mol. The van der Waals surface area contributed by atoms with Crippen molar-refractivity contribution in [1.82, 2.24) is 0 Å². The number of hydrogen-bond donors (Lipinski definition) is 1. The van der Waals surface area contributed by atoms with Crippen LogP contribution < -0.4 is 5.73 Å². The van der Waals surface area contributed by atoms with E-state index in [1.807, 2.05) is 18.2 Å². The summed E-state index contributed by atoms with van der Waals surface area (Å²) in [6.45, 7) is 0. The Morgan fingerprint density at radius 2 is 2.12 bits per heavy atom. The van der Waals surface area contributed by atoms with Gasteiger partial charge in [0.05, 0.1) is 7.11 Å². The third-order valence-electron chi connectivity index (χ3n) is 2.53. The third-order valence-corrected chi connectivity index (χ3v) is 2.53. The van der Waals surface area contributed by atoms with Gasteiger partial charge in [-0.15, -0.1) is 0 Å². The third kappa shape index (κ3) is 4.82. The molecule has 0 saturated heterocycles. The average Bonchev–Trinajstić information content (AvgIpc) is 2.28. The van der Waals surface area contributed by atoms with E-state index in [1.165, 1.54) is 12.7 Å². The van der Waals surface area contributed by atoms with Crippen molar-refractivity contribution in [2.45, 2.75) is 32.1 Å². The molecule has 3 nitrogen and oxygen atoms in total. The summed E-state index contributed by atoms with van der Waals surface area (Å²) in [5, 5.41) is 0. The Hall–Kier alpha value is -1.51. The van der Waals surface area contributed by atoms with Crippen molar-refractivity contribution in [2.24, 2.45) is 0 Å². The van der Waals surface area contributed by atoms with Crippen molar-refractivity contribution in [2.75, 3.05) is 12.8 Å². The van der Waals surface area contributed by atoms with Crippen LogP contribution in [0.15, 0.2) is 24.3 Å². The summed E-state index contributed by atoms with van der Waals surface area (Å²) < 4.78 is 4.58. The lowest BCUT2D eigenvalue weighted by atomic mass is 10.1. The molecular weight excluding hydrogens is 202 g/mol. The van der Waals surface area contributed by atoms with Gasteiger partial charge in [-0.2, -0.15) is 0 Å². The molecule has 0 bridgehead atoms. The summed E-state index contributed by atoms with van der Waals surface area (Å²) in [6, 6.07) is 7.94. The molecule has 0 fully saturated rings. The second-order valence-electron chi connectivity index (χ2n) is 3.88. The maximum Gasteiger partial charge on any atom is 0.305 e. The molecule has 1 aromatic carbocycles. The van der Waals surface area contributed by atoms with Gasteiger partial charge in [0.1, 0.15) is 0 Å². The largest absolute Gasteiger partial charge is 0.469 e. The normalized spacial score (nSPS) is 10.1. The molecule has 1 rings (SSSR count). The van der Waals surface area contributed by atoms with Crippen LogP contribution in [0.2, 0.25) is 0 Å². The minimum absolute atomic E-state index is 0.121. The molecule has 88 valence electrons. The van der Waals surface area contributed by atoms with E-state index in [4.69, 9.17) is 5.73 Å². The Balaban J connectivity index is 2.14. The number of nitrogens with two attached hydrogens (primary N) is 1. The van der Waals surface area contributed by atoms with Crippen molar-refractivity contribution in [3.05, 3.63) is 29.8 Å². The number of rotatable bonds is 6. The fourth-order valence-electron chi connectivity index (χ4n) is 1.63. The van der Waals surface area contributed by atoms with E-state index in [0.717, 1.165) is 31.4 Å². The Kier molecular flexibility index (Phi) is 5.40. The van der Waals surface area contributed by atoms with Crippen molar-refractivity contribution in [1.29, 1.82) is 0 Å². The lowest BCUT2D eigenvalue weighted by Crippen LogP contribution is -1.99. The van der Waals surface area contributed by atoms with Gasteiger partial charge < -0.3 is 10.5 Å². The van der Waals surface area contributed by atoms with Crippen molar-refractivity contribution >= 4 is 11.7 Å². The zero-order valence-corrected chi connectivity index (χ0v) is 9.74. The number of methoxy groups -OCH3 is 1. The second-order valence-corrected chi connectivity index (χ2v) is 3.88. The molecule has 1 aromatic rings. The number of carbonyl (C=O) groups excluding carboxylic acids is 1. The molecule has 2 N–H and O–H groups in total. The summed E-state index contributed by atoms with van der Waals surface area (Å²) in [5.41, 5.74) is 7.76. The van der Waals surface area contributed by atoms with Crippen LogP contribution in [0.5, 0.6) is 0 Å². The van der Waals surface area contributed by atoms with E-state index in [1.54, 1.807) is 0 Å². The number of aryl methyl sites for hydroxylation is 1. The summed E-state index contributed by atoms with van der Waals surface area (Å²) in [4.78, 5) is 10.9. The van der Waals surface area contributed by atoms with Gasteiger partial charge in [-0.25, -0.2) is 0 Å². The zero-order chi connectivity index (χ0) is 11.8. The Bertz CT molecular complexity index is 336. The molecule has 0 aliphatic heterocycles. The topological polar surface area (TPSA) is 52.3 Å². The first-order valence-corrected chi connectivity index (χ1v) is 5.63. The van der Waals surface area contributed by atoms with Gasteiger partial charge in [0.25, 0.3) is 0 Å². The number of benzene rings is 1. The summed E-state index contributed by atoms with van der Waals surface area (Å²) in [7, 11) is 1.43. The number of anilines is 1. The first kappa shape index (κ1) is 12.6. The van der Waals surface area contributed by atoms with Crippen LogP contribution in [0, 0.1) is 0 Å². The summed E-state index contributed by atoms with van der Waals surface area (Å²) in [6.07, 6.45) is 4.57. The first-order valence-electron chi connectivity index (χ1n) is 5.63. The van der Waals surface area contributed by atoms with Crippen molar-refractivity contribution in [3.63, 3.8) is 0 Å². The maximum atomic E-state index is 10.9. The Morgan fingerprint density at radius 1 is 1.31 bits per heavy atom. The number of carbonyl (C=O) groups is 1. The van der Waals surface area contributed by atoms with Crippen molar-refractivity contribution in [3.8, 4) is 0 Å². The van der Waals surface area contributed by atoms with Gasteiger partial charge in [-0.05, 0) is 37.0 Å². The first-order chi connectivity index (χ1) is 7.72. The van der Waals surface area contributed by atoms with Crippen LogP contribution in [-0.2, 0) is 16.0 Å². The standard InChI is InChI=1S/C13H19NO2/c1-16-13(15)9-4-2-3-6-11-7-5-8-12(14)10-11/h5,7-8,10H,2-4,6,9,14H2,1H3. The Labute approximate surface area is 96.6 Å². The van der Waals surface area contributed by atoms with Crippen LogP contribution >= 0.6 is 0 Å². The van der Waals surface area contributed by atoms with Gasteiger partial charge in [0.15, 0.2) is 0 Å². The average molecular weight is 221 g/mol. The predicted molar refractivity (Wildman–Crippen MR) is 65.0 cm³/mol. The molecule has 0 spiro atoms. The van der Waals surface area contributed by atoms with Crippen molar-refractivity contribution < 1.29 is 9.53 Å². The highest BCUT2D eigenvalue weighted by Crippen LogP contribution is 2.11. The van der Waals surface area contributed by atoms with Crippen LogP contribution in [-0.4, -0.2) is 13.1 Å². The van der Waals surface area contributed by atoms with Gasteiger partial charge in [-0.1, -0.05) is 18.6 Å². The molecule has 0 radical (unpaired) electrons. The highest BCUT2D eigenvalue weighted by Gasteiger charge is 1.99. The van der Waals surface area contributed by atoms with Gasteiger partial charge in [-0.3, -0.25) is 4.79 Å². The highest BCUT2D eigenvalue weighted by molar-refractivity contribution is 5.68. The van der Waals surface area contributed by atoms with Gasteiger partial charge in [0, 0.05) is 12.1 Å². The van der Waals surface area contributed by atoms with E-state index >= 15 is 0 Å². The van der Waals surface area contributed by atoms with E-state index in [9.17, 15) is 4.79 Å². The summed E-state index contributed by atoms with van der Waals surface area (Å²) >= 11 is 0. The molecule has 16 heavy (non-hydrogen) atoms. The number of hydrogen-bond acceptors (Lipinski definition) is 3. The highest BCUT2D eigenvalue weighted by atomic mass is 16.5. The molecule has 0 aliphatic rings. The Morgan fingerprint density at radius 3 is 2.81 bits per heavy atom. The van der Waals surface area contributed by atoms with E-state index < -0.39 is 0 Å². The number of unbranched alkanes of at least 4 members (excludes halogenated alkanes) is 2. The van der Waals surface area contributed by atoms with E-state index in [2.05, 4.69) is 10.8 Å². The molecular formula is C13H19NO2. The molecule has 0 aliphatic carbocycles. The molecule has 0 atom stereocenters. The lowest BCUT2D eigenvalue weighted by Gasteiger charge is -2.02. The molecule has 0 amide bonds. The van der Waals surface area contributed by atoms with Crippen LogP contribution in [0.1, 0.15) is 31.2 Å².